The first-order chi connectivity index (χ1) is 13.0. The highest BCUT2D eigenvalue weighted by Gasteiger charge is 2.08. The summed E-state index contributed by atoms with van der Waals surface area (Å²) in [6, 6.07) is 21.6. The summed E-state index contributed by atoms with van der Waals surface area (Å²) in [4.78, 5) is 24.7. The van der Waals surface area contributed by atoms with Crippen LogP contribution in [0.5, 0.6) is 0 Å². The van der Waals surface area contributed by atoms with Crippen LogP contribution in [0.4, 0.5) is 5.69 Å². The standard InChI is InChI=1S/C21H17ClN2O2S/c22-17-6-10-19(11-7-17)27-13-14-2-1-3-16(12-14)21(26)24-18-8-4-15(5-9-18)20(23)25/h1-12H,13H2,(H2,23,25)(H,24,26). The Morgan fingerprint density at radius 3 is 2.30 bits per heavy atom. The monoisotopic (exact) mass is 396 g/mol. The van der Waals surface area contributed by atoms with E-state index in [1.54, 1.807) is 42.1 Å². The lowest BCUT2D eigenvalue weighted by molar-refractivity contribution is 0.0998. The number of thioether (sulfide) groups is 1. The largest absolute Gasteiger partial charge is 0.366 e. The van der Waals surface area contributed by atoms with Crippen LogP contribution >= 0.6 is 23.4 Å². The van der Waals surface area contributed by atoms with E-state index in [1.165, 1.54) is 0 Å². The predicted octanol–water partition coefficient (Wildman–Crippen LogP) is 4.98. The van der Waals surface area contributed by atoms with E-state index in [2.05, 4.69) is 5.32 Å². The lowest BCUT2D eigenvalue weighted by Crippen LogP contribution is -2.13. The summed E-state index contributed by atoms with van der Waals surface area (Å²) >= 11 is 7.58. The Morgan fingerprint density at radius 2 is 1.63 bits per heavy atom. The van der Waals surface area contributed by atoms with Gasteiger partial charge in [0.25, 0.3) is 5.91 Å². The first kappa shape index (κ1) is 19.0. The van der Waals surface area contributed by atoms with Crippen LogP contribution in [0.1, 0.15) is 26.3 Å². The van der Waals surface area contributed by atoms with Gasteiger partial charge in [-0.1, -0.05) is 23.7 Å². The van der Waals surface area contributed by atoms with E-state index in [4.69, 9.17) is 17.3 Å². The van der Waals surface area contributed by atoms with Crippen LogP contribution in [0.15, 0.2) is 77.7 Å². The van der Waals surface area contributed by atoms with Gasteiger partial charge in [-0.2, -0.15) is 0 Å². The summed E-state index contributed by atoms with van der Waals surface area (Å²) < 4.78 is 0. The highest BCUT2D eigenvalue weighted by Crippen LogP contribution is 2.24. The zero-order valence-corrected chi connectivity index (χ0v) is 15.9. The van der Waals surface area contributed by atoms with E-state index in [-0.39, 0.29) is 5.91 Å². The van der Waals surface area contributed by atoms with Crippen molar-refractivity contribution in [3.63, 3.8) is 0 Å². The number of rotatable bonds is 6. The van der Waals surface area contributed by atoms with Crippen LogP contribution in [0, 0.1) is 0 Å². The molecule has 0 saturated carbocycles. The number of halogens is 1. The summed E-state index contributed by atoms with van der Waals surface area (Å²) in [5.74, 6) is 0.0368. The zero-order chi connectivity index (χ0) is 19.2. The number of nitrogens with one attached hydrogen (secondary N) is 1. The predicted molar refractivity (Wildman–Crippen MR) is 110 cm³/mol. The smallest absolute Gasteiger partial charge is 0.255 e. The average Bonchev–Trinajstić information content (AvgIpc) is 2.68. The third-order valence-corrected chi connectivity index (χ3v) is 5.17. The van der Waals surface area contributed by atoms with Crippen molar-refractivity contribution in [1.29, 1.82) is 0 Å². The van der Waals surface area contributed by atoms with Crippen molar-refractivity contribution in [1.82, 2.24) is 0 Å². The van der Waals surface area contributed by atoms with E-state index < -0.39 is 5.91 Å². The maximum absolute atomic E-state index is 12.5. The van der Waals surface area contributed by atoms with Crippen molar-refractivity contribution in [2.75, 3.05) is 5.32 Å². The van der Waals surface area contributed by atoms with E-state index >= 15 is 0 Å². The molecule has 0 aliphatic heterocycles. The molecule has 0 unspecified atom stereocenters. The van der Waals surface area contributed by atoms with Gasteiger partial charge in [-0.3, -0.25) is 9.59 Å². The van der Waals surface area contributed by atoms with Crippen molar-refractivity contribution in [3.05, 3.63) is 94.5 Å². The lowest BCUT2D eigenvalue weighted by Gasteiger charge is -2.08. The van der Waals surface area contributed by atoms with Gasteiger partial charge in [-0.05, 0) is 66.2 Å². The van der Waals surface area contributed by atoms with Crippen LogP contribution < -0.4 is 11.1 Å². The molecule has 0 aromatic heterocycles. The van der Waals surface area contributed by atoms with Crippen LogP contribution in [0.25, 0.3) is 0 Å². The molecule has 2 amide bonds. The number of hydrogen-bond donors (Lipinski definition) is 2. The quantitative estimate of drug-likeness (QED) is 0.577. The Bertz CT molecular complexity index is 957. The molecule has 3 rings (SSSR count). The molecule has 0 aliphatic carbocycles. The van der Waals surface area contributed by atoms with Crippen molar-refractivity contribution in [3.8, 4) is 0 Å². The second kappa shape index (κ2) is 8.75. The van der Waals surface area contributed by atoms with E-state index in [1.807, 2.05) is 42.5 Å². The molecule has 0 heterocycles. The molecule has 3 N–H and O–H groups in total. The Balaban J connectivity index is 1.64. The first-order valence-electron chi connectivity index (χ1n) is 8.20. The SMILES string of the molecule is NC(=O)c1ccc(NC(=O)c2cccc(CSc3ccc(Cl)cc3)c2)cc1. The van der Waals surface area contributed by atoms with Gasteiger partial charge in [0, 0.05) is 32.5 Å². The molecular formula is C21H17ClN2O2S. The molecule has 6 heteroatoms. The van der Waals surface area contributed by atoms with Gasteiger partial charge in [0.2, 0.25) is 5.91 Å². The summed E-state index contributed by atoms with van der Waals surface area (Å²) in [7, 11) is 0. The lowest BCUT2D eigenvalue weighted by atomic mass is 10.1. The molecular weight excluding hydrogens is 380 g/mol. The summed E-state index contributed by atoms with van der Waals surface area (Å²) in [5, 5.41) is 3.53. The zero-order valence-electron chi connectivity index (χ0n) is 14.3. The maximum Gasteiger partial charge on any atom is 0.255 e. The fraction of sp³-hybridized carbons (Fsp3) is 0.0476. The van der Waals surface area contributed by atoms with Crippen molar-refractivity contribution < 1.29 is 9.59 Å². The second-order valence-corrected chi connectivity index (χ2v) is 7.32. The fourth-order valence-electron chi connectivity index (χ4n) is 2.42. The Kier molecular flexibility index (Phi) is 6.16. The minimum Gasteiger partial charge on any atom is -0.366 e. The van der Waals surface area contributed by atoms with Crippen LogP contribution in [-0.4, -0.2) is 11.8 Å². The Labute approximate surface area is 166 Å². The number of hydrogen-bond acceptors (Lipinski definition) is 3. The molecule has 3 aromatic rings. The average molecular weight is 397 g/mol. The first-order valence-corrected chi connectivity index (χ1v) is 9.56. The molecule has 0 aliphatic rings. The van der Waals surface area contributed by atoms with Gasteiger partial charge < -0.3 is 11.1 Å². The highest BCUT2D eigenvalue weighted by atomic mass is 35.5. The molecule has 0 spiro atoms. The van der Waals surface area contributed by atoms with E-state index in [9.17, 15) is 9.59 Å². The normalized spacial score (nSPS) is 10.4. The third kappa shape index (κ3) is 5.36. The number of amides is 2. The summed E-state index contributed by atoms with van der Waals surface area (Å²) in [6.45, 7) is 0. The van der Waals surface area contributed by atoms with E-state index in [0.29, 0.717) is 21.8 Å². The molecule has 0 saturated heterocycles. The van der Waals surface area contributed by atoms with Crippen LogP contribution in [-0.2, 0) is 5.75 Å². The number of benzene rings is 3. The number of carbonyl (C=O) groups is 2. The second-order valence-electron chi connectivity index (χ2n) is 5.84. The molecule has 0 fully saturated rings. The number of carbonyl (C=O) groups excluding carboxylic acids is 2. The minimum absolute atomic E-state index is 0.208. The van der Waals surface area contributed by atoms with E-state index in [0.717, 1.165) is 16.2 Å². The number of primary amides is 1. The Hall–Kier alpha value is -2.76. The maximum atomic E-state index is 12.5. The van der Waals surface area contributed by atoms with Gasteiger partial charge in [0.1, 0.15) is 0 Å². The van der Waals surface area contributed by atoms with Gasteiger partial charge in [-0.15, -0.1) is 11.8 Å². The van der Waals surface area contributed by atoms with Crippen molar-refractivity contribution in [2.45, 2.75) is 10.6 Å². The minimum atomic E-state index is -0.501. The van der Waals surface area contributed by atoms with Gasteiger partial charge >= 0.3 is 0 Å². The van der Waals surface area contributed by atoms with Gasteiger partial charge in [0.15, 0.2) is 0 Å². The van der Waals surface area contributed by atoms with Gasteiger partial charge in [0.05, 0.1) is 0 Å². The third-order valence-electron chi connectivity index (χ3n) is 3.84. The topological polar surface area (TPSA) is 72.2 Å². The highest BCUT2D eigenvalue weighted by molar-refractivity contribution is 7.98. The number of nitrogens with two attached hydrogens (primary N) is 1. The van der Waals surface area contributed by atoms with Crippen LogP contribution in [0.2, 0.25) is 5.02 Å². The molecule has 0 atom stereocenters. The van der Waals surface area contributed by atoms with Crippen LogP contribution in [0.3, 0.4) is 0 Å². The molecule has 27 heavy (non-hydrogen) atoms. The molecule has 136 valence electrons. The molecule has 3 aromatic carbocycles. The summed E-state index contributed by atoms with van der Waals surface area (Å²) in [5.41, 5.74) is 7.84. The van der Waals surface area contributed by atoms with Gasteiger partial charge in [-0.25, -0.2) is 0 Å². The number of anilines is 1. The molecule has 0 radical (unpaired) electrons. The fourth-order valence-corrected chi connectivity index (χ4v) is 3.39. The Morgan fingerprint density at radius 1 is 0.926 bits per heavy atom. The summed E-state index contributed by atoms with van der Waals surface area (Å²) in [6.07, 6.45) is 0. The van der Waals surface area contributed by atoms with Crippen molar-refractivity contribution >= 4 is 40.9 Å². The molecule has 0 bridgehead atoms. The molecule has 4 nitrogen and oxygen atoms in total. The van der Waals surface area contributed by atoms with Crippen molar-refractivity contribution in [2.24, 2.45) is 5.73 Å².